The molecule has 0 unspecified atom stereocenters. The number of hydrogen-bond donors (Lipinski definition) is 1. The molecule has 5 nitrogen and oxygen atoms in total. The summed E-state index contributed by atoms with van der Waals surface area (Å²) in [5.41, 5.74) is 2.59. The average molecular weight is 314 g/mol. The van der Waals surface area contributed by atoms with Crippen LogP contribution in [0.4, 0.5) is 5.13 Å². The minimum absolute atomic E-state index is 0.227. The second-order valence-electron chi connectivity index (χ2n) is 5.41. The fourth-order valence-corrected chi connectivity index (χ4v) is 3.08. The van der Waals surface area contributed by atoms with Crippen molar-refractivity contribution < 1.29 is 4.79 Å². The molecule has 0 spiro atoms. The molecule has 0 bridgehead atoms. The Bertz CT molecular complexity index is 819. The molecule has 0 saturated carbocycles. The third-order valence-electron chi connectivity index (χ3n) is 3.50. The predicted molar refractivity (Wildman–Crippen MR) is 89.6 cm³/mol. The standard InChI is InChI=1S/C16H18N4OS/c1-4-20-8-7-13(19-20)15(21)18-16-17-12-6-5-11(10(2)3)9-14(12)22-16/h5-10H,4H2,1-3H3,(H,17,18,21). The molecular formula is C16H18N4OS. The van der Waals surface area contributed by atoms with E-state index in [4.69, 9.17) is 0 Å². The van der Waals surface area contributed by atoms with Crippen LogP contribution in [0, 0.1) is 0 Å². The Kier molecular flexibility index (Phi) is 3.94. The first-order valence-electron chi connectivity index (χ1n) is 7.32. The monoisotopic (exact) mass is 314 g/mol. The van der Waals surface area contributed by atoms with Crippen molar-refractivity contribution in [2.24, 2.45) is 0 Å². The van der Waals surface area contributed by atoms with Crippen molar-refractivity contribution in [3.05, 3.63) is 41.7 Å². The highest BCUT2D eigenvalue weighted by atomic mass is 32.1. The van der Waals surface area contributed by atoms with Gasteiger partial charge in [-0.1, -0.05) is 31.3 Å². The molecule has 1 aromatic carbocycles. The van der Waals surface area contributed by atoms with Gasteiger partial charge in [0.15, 0.2) is 10.8 Å². The van der Waals surface area contributed by atoms with Crippen molar-refractivity contribution in [3.63, 3.8) is 0 Å². The van der Waals surface area contributed by atoms with Crippen LogP contribution in [0.25, 0.3) is 10.2 Å². The zero-order chi connectivity index (χ0) is 15.7. The molecule has 0 aliphatic rings. The van der Waals surface area contributed by atoms with E-state index in [1.807, 2.05) is 13.0 Å². The van der Waals surface area contributed by atoms with Crippen LogP contribution in [-0.4, -0.2) is 20.7 Å². The molecule has 0 aliphatic heterocycles. The summed E-state index contributed by atoms with van der Waals surface area (Å²) >= 11 is 1.49. The van der Waals surface area contributed by atoms with Crippen LogP contribution in [0.2, 0.25) is 0 Å². The van der Waals surface area contributed by atoms with Crippen molar-refractivity contribution in [2.75, 3.05) is 5.32 Å². The Labute approximate surface area is 133 Å². The molecule has 2 aromatic heterocycles. The molecule has 0 fully saturated rings. The summed E-state index contributed by atoms with van der Waals surface area (Å²) in [7, 11) is 0. The van der Waals surface area contributed by atoms with E-state index < -0.39 is 0 Å². The number of aryl methyl sites for hydroxylation is 1. The zero-order valence-electron chi connectivity index (χ0n) is 12.8. The van der Waals surface area contributed by atoms with Crippen molar-refractivity contribution in [2.45, 2.75) is 33.2 Å². The fourth-order valence-electron chi connectivity index (χ4n) is 2.17. The topological polar surface area (TPSA) is 59.8 Å². The van der Waals surface area contributed by atoms with E-state index in [2.05, 4.69) is 41.4 Å². The van der Waals surface area contributed by atoms with Gasteiger partial charge < -0.3 is 0 Å². The quantitative estimate of drug-likeness (QED) is 0.795. The van der Waals surface area contributed by atoms with E-state index in [1.165, 1.54) is 16.9 Å². The van der Waals surface area contributed by atoms with Gasteiger partial charge in [0.2, 0.25) is 0 Å². The lowest BCUT2D eigenvalue weighted by Crippen LogP contribution is -2.13. The highest BCUT2D eigenvalue weighted by Gasteiger charge is 2.13. The van der Waals surface area contributed by atoms with Gasteiger partial charge in [0.05, 0.1) is 10.2 Å². The maximum absolute atomic E-state index is 12.2. The highest BCUT2D eigenvalue weighted by Crippen LogP contribution is 2.29. The SMILES string of the molecule is CCn1ccc(C(=O)Nc2nc3ccc(C(C)C)cc3s2)n1. The van der Waals surface area contributed by atoms with Gasteiger partial charge in [0.1, 0.15) is 0 Å². The van der Waals surface area contributed by atoms with Crippen LogP contribution in [0.3, 0.4) is 0 Å². The van der Waals surface area contributed by atoms with E-state index in [9.17, 15) is 4.79 Å². The number of benzene rings is 1. The van der Waals surface area contributed by atoms with Crippen LogP contribution < -0.4 is 5.32 Å². The van der Waals surface area contributed by atoms with Gasteiger partial charge in [0, 0.05) is 12.7 Å². The van der Waals surface area contributed by atoms with Crippen molar-refractivity contribution >= 4 is 32.6 Å². The second kappa shape index (κ2) is 5.88. The van der Waals surface area contributed by atoms with Gasteiger partial charge in [-0.25, -0.2) is 4.98 Å². The lowest BCUT2D eigenvalue weighted by molar-refractivity contribution is 0.102. The number of aromatic nitrogens is 3. The van der Waals surface area contributed by atoms with Crippen molar-refractivity contribution in [3.8, 4) is 0 Å². The number of carbonyl (C=O) groups is 1. The molecule has 0 atom stereocenters. The van der Waals surface area contributed by atoms with Gasteiger partial charge >= 0.3 is 0 Å². The molecule has 22 heavy (non-hydrogen) atoms. The molecule has 0 radical (unpaired) electrons. The number of nitrogens with one attached hydrogen (secondary N) is 1. The van der Waals surface area contributed by atoms with Crippen molar-refractivity contribution in [1.82, 2.24) is 14.8 Å². The Hall–Kier alpha value is -2.21. The zero-order valence-corrected chi connectivity index (χ0v) is 13.6. The minimum atomic E-state index is -0.227. The highest BCUT2D eigenvalue weighted by molar-refractivity contribution is 7.22. The first-order valence-corrected chi connectivity index (χ1v) is 8.13. The number of carbonyl (C=O) groups excluding carboxylic acids is 1. The number of fused-ring (bicyclic) bond motifs is 1. The molecule has 3 rings (SSSR count). The Morgan fingerprint density at radius 1 is 1.36 bits per heavy atom. The van der Waals surface area contributed by atoms with Crippen LogP contribution in [0.5, 0.6) is 0 Å². The Balaban J connectivity index is 1.82. The van der Waals surface area contributed by atoms with E-state index in [0.29, 0.717) is 16.7 Å². The van der Waals surface area contributed by atoms with E-state index in [-0.39, 0.29) is 5.91 Å². The van der Waals surface area contributed by atoms with Gasteiger partial charge in [-0.15, -0.1) is 0 Å². The lowest BCUT2D eigenvalue weighted by Gasteiger charge is -2.03. The second-order valence-corrected chi connectivity index (χ2v) is 6.44. The molecule has 0 saturated heterocycles. The lowest BCUT2D eigenvalue weighted by atomic mass is 10.0. The van der Waals surface area contributed by atoms with Crippen LogP contribution in [-0.2, 0) is 6.54 Å². The van der Waals surface area contributed by atoms with Gasteiger partial charge in [-0.05, 0) is 36.6 Å². The smallest absolute Gasteiger partial charge is 0.277 e. The summed E-state index contributed by atoms with van der Waals surface area (Å²) < 4.78 is 2.81. The Morgan fingerprint density at radius 2 is 2.18 bits per heavy atom. The van der Waals surface area contributed by atoms with Crippen molar-refractivity contribution in [1.29, 1.82) is 0 Å². The average Bonchev–Trinajstić information content (AvgIpc) is 3.12. The number of thiazole rings is 1. The number of hydrogen-bond acceptors (Lipinski definition) is 4. The molecule has 6 heteroatoms. The summed E-state index contributed by atoms with van der Waals surface area (Å²) in [5, 5.41) is 7.63. The number of rotatable bonds is 4. The largest absolute Gasteiger partial charge is 0.296 e. The minimum Gasteiger partial charge on any atom is -0.296 e. The summed E-state index contributed by atoms with van der Waals surface area (Å²) in [6.45, 7) is 7.05. The van der Waals surface area contributed by atoms with Crippen LogP contribution in [0.15, 0.2) is 30.5 Å². The van der Waals surface area contributed by atoms with E-state index in [0.717, 1.165) is 16.8 Å². The van der Waals surface area contributed by atoms with Crippen LogP contribution in [0.1, 0.15) is 42.7 Å². The summed E-state index contributed by atoms with van der Waals surface area (Å²) in [6.07, 6.45) is 1.79. The summed E-state index contributed by atoms with van der Waals surface area (Å²) in [4.78, 5) is 16.6. The first kappa shape index (κ1) is 14.7. The molecule has 2 heterocycles. The molecule has 1 amide bonds. The van der Waals surface area contributed by atoms with E-state index >= 15 is 0 Å². The maximum Gasteiger partial charge on any atom is 0.277 e. The molecular weight excluding hydrogens is 296 g/mol. The molecule has 1 N–H and O–H groups in total. The number of anilines is 1. The third kappa shape index (κ3) is 2.87. The maximum atomic E-state index is 12.2. The third-order valence-corrected chi connectivity index (χ3v) is 4.43. The van der Waals surface area contributed by atoms with Gasteiger partial charge in [-0.2, -0.15) is 5.10 Å². The number of nitrogens with zero attached hydrogens (tertiary/aromatic N) is 3. The number of amides is 1. The Morgan fingerprint density at radius 3 is 2.86 bits per heavy atom. The normalized spacial score (nSPS) is 11.3. The molecule has 3 aromatic rings. The summed E-state index contributed by atoms with van der Waals surface area (Å²) in [5.74, 6) is 0.248. The predicted octanol–water partition coefficient (Wildman–Crippen LogP) is 3.89. The van der Waals surface area contributed by atoms with Gasteiger partial charge in [-0.3, -0.25) is 14.8 Å². The molecule has 0 aliphatic carbocycles. The van der Waals surface area contributed by atoms with Gasteiger partial charge in [0.25, 0.3) is 5.91 Å². The van der Waals surface area contributed by atoms with Crippen LogP contribution >= 0.6 is 11.3 Å². The molecule has 114 valence electrons. The summed E-state index contributed by atoms with van der Waals surface area (Å²) in [6, 6.07) is 7.94. The van der Waals surface area contributed by atoms with E-state index in [1.54, 1.807) is 16.9 Å². The first-order chi connectivity index (χ1) is 10.6. The fraction of sp³-hybridized carbons (Fsp3) is 0.312.